The van der Waals surface area contributed by atoms with Gasteiger partial charge in [-0.2, -0.15) is 0 Å². The molecule has 13 rings (SSSR count). The van der Waals surface area contributed by atoms with Crippen molar-refractivity contribution in [3.63, 3.8) is 0 Å². The van der Waals surface area contributed by atoms with Crippen molar-refractivity contribution in [2.24, 2.45) is 11.8 Å². The molecule has 0 aliphatic heterocycles. The SMILES string of the molecule is C1=CC2C3c4cc5c(cc4C1C=C[C@@H]23)c1ccc2c3ccccc3n(-c3ccccc3)c2c1n5-c1nc(-c2ccccc2)cc(-c2ccccc2)n1. The first-order valence-electron chi connectivity index (χ1n) is 18.3. The summed E-state index contributed by atoms with van der Waals surface area (Å²) < 4.78 is 4.83. The molecule has 0 spiro atoms. The van der Waals surface area contributed by atoms with Crippen LogP contribution in [0.15, 0.2) is 170 Å². The zero-order valence-electron chi connectivity index (χ0n) is 28.3. The van der Waals surface area contributed by atoms with Gasteiger partial charge in [0, 0.05) is 44.3 Å². The van der Waals surface area contributed by atoms with Crippen LogP contribution in [0, 0.1) is 11.8 Å². The predicted octanol–water partition coefficient (Wildman–Crippen LogP) is 11.6. The monoisotopic (exact) mass is 664 g/mol. The van der Waals surface area contributed by atoms with E-state index in [9.17, 15) is 0 Å². The van der Waals surface area contributed by atoms with Crippen molar-refractivity contribution in [1.82, 2.24) is 19.1 Å². The number of para-hydroxylation sites is 2. The van der Waals surface area contributed by atoms with Gasteiger partial charge < -0.3 is 4.57 Å². The van der Waals surface area contributed by atoms with Gasteiger partial charge in [0.1, 0.15) is 0 Å². The van der Waals surface area contributed by atoms with Gasteiger partial charge in [0.2, 0.25) is 5.95 Å². The van der Waals surface area contributed by atoms with E-state index in [4.69, 9.17) is 9.97 Å². The van der Waals surface area contributed by atoms with E-state index in [1.807, 2.05) is 0 Å². The minimum atomic E-state index is 0.291. The lowest BCUT2D eigenvalue weighted by Crippen LogP contribution is -2.06. The third kappa shape index (κ3) is 3.92. The van der Waals surface area contributed by atoms with Crippen LogP contribution in [0.3, 0.4) is 0 Å². The zero-order valence-corrected chi connectivity index (χ0v) is 28.3. The molecule has 4 heteroatoms. The lowest BCUT2D eigenvalue weighted by molar-refractivity contribution is 0.980. The third-order valence-corrected chi connectivity index (χ3v) is 11.8. The summed E-state index contributed by atoms with van der Waals surface area (Å²) in [7, 11) is 0. The maximum Gasteiger partial charge on any atom is 0.235 e. The van der Waals surface area contributed by atoms with Gasteiger partial charge in [-0.3, -0.25) is 4.57 Å². The Morgan fingerprint density at radius 2 is 1.00 bits per heavy atom. The van der Waals surface area contributed by atoms with Crippen LogP contribution in [0.1, 0.15) is 23.0 Å². The number of fused-ring (bicyclic) bond motifs is 7. The van der Waals surface area contributed by atoms with Crippen LogP contribution in [-0.4, -0.2) is 19.1 Å². The van der Waals surface area contributed by atoms with Crippen molar-refractivity contribution in [2.45, 2.75) is 11.8 Å². The lowest BCUT2D eigenvalue weighted by atomic mass is 9.92. The molecule has 4 atom stereocenters. The Hall–Kier alpha value is -6.52. The second-order valence-electron chi connectivity index (χ2n) is 14.5. The summed E-state index contributed by atoms with van der Waals surface area (Å²) in [5.74, 6) is 2.63. The molecule has 3 unspecified atom stereocenters. The Balaban J connectivity index is 1.27. The van der Waals surface area contributed by atoms with Gasteiger partial charge in [-0.1, -0.05) is 133 Å². The van der Waals surface area contributed by atoms with Crippen LogP contribution in [0.2, 0.25) is 0 Å². The molecule has 6 aromatic carbocycles. The summed E-state index contributed by atoms with van der Waals surface area (Å²) in [5, 5.41) is 4.89. The summed E-state index contributed by atoms with van der Waals surface area (Å²) in [6, 6.07) is 52.3. The number of nitrogens with zero attached hydrogens (tertiary/aromatic N) is 4. The number of allylic oxidation sites excluding steroid dienone is 4. The first-order valence-corrected chi connectivity index (χ1v) is 18.3. The van der Waals surface area contributed by atoms with Crippen LogP contribution in [0.5, 0.6) is 0 Å². The number of hydrogen-bond donors (Lipinski definition) is 0. The van der Waals surface area contributed by atoms with E-state index in [2.05, 4.69) is 179 Å². The molecule has 4 aliphatic rings. The van der Waals surface area contributed by atoms with E-state index in [1.54, 1.807) is 0 Å². The third-order valence-electron chi connectivity index (χ3n) is 11.8. The first-order chi connectivity index (χ1) is 25.8. The van der Waals surface area contributed by atoms with E-state index in [0.717, 1.165) is 44.8 Å². The molecule has 4 bridgehead atoms. The first kappa shape index (κ1) is 28.2. The second-order valence-corrected chi connectivity index (χ2v) is 14.5. The maximum atomic E-state index is 5.46. The van der Waals surface area contributed by atoms with Gasteiger partial charge in [0.25, 0.3) is 0 Å². The summed E-state index contributed by atoms with van der Waals surface area (Å²) in [4.78, 5) is 10.9. The van der Waals surface area contributed by atoms with Crippen LogP contribution in [-0.2, 0) is 0 Å². The zero-order chi connectivity index (χ0) is 33.9. The fourth-order valence-corrected chi connectivity index (χ4v) is 9.34. The van der Waals surface area contributed by atoms with Crippen molar-refractivity contribution in [3.05, 3.63) is 181 Å². The second kappa shape index (κ2) is 10.5. The van der Waals surface area contributed by atoms with Gasteiger partial charge in [0.15, 0.2) is 0 Å². The molecule has 4 aliphatic carbocycles. The molecule has 52 heavy (non-hydrogen) atoms. The molecule has 3 aromatic heterocycles. The summed E-state index contributed by atoms with van der Waals surface area (Å²) in [6.07, 6.45) is 9.80. The number of benzene rings is 6. The predicted molar refractivity (Wildman–Crippen MR) is 212 cm³/mol. The van der Waals surface area contributed by atoms with E-state index in [0.29, 0.717) is 29.6 Å². The highest BCUT2D eigenvalue weighted by Crippen LogP contribution is 2.61. The van der Waals surface area contributed by atoms with Crippen molar-refractivity contribution < 1.29 is 0 Å². The smallest absolute Gasteiger partial charge is 0.235 e. The topological polar surface area (TPSA) is 35.6 Å². The molecule has 0 amide bonds. The van der Waals surface area contributed by atoms with Crippen LogP contribution in [0.25, 0.3) is 77.8 Å². The highest BCUT2D eigenvalue weighted by atomic mass is 15.2. The Morgan fingerprint density at radius 1 is 0.423 bits per heavy atom. The van der Waals surface area contributed by atoms with Gasteiger partial charge in [0.05, 0.1) is 33.5 Å². The molecular formula is C48H32N4. The van der Waals surface area contributed by atoms with Crippen molar-refractivity contribution >= 4 is 43.6 Å². The van der Waals surface area contributed by atoms with Crippen LogP contribution >= 0.6 is 0 Å². The highest BCUT2D eigenvalue weighted by molar-refractivity contribution is 6.24. The molecule has 4 nitrogen and oxygen atoms in total. The summed E-state index contributed by atoms with van der Waals surface area (Å²) in [5.41, 5.74) is 12.6. The van der Waals surface area contributed by atoms with Crippen molar-refractivity contribution in [2.75, 3.05) is 0 Å². The molecule has 3 heterocycles. The normalized spacial score (nSPS) is 19.8. The van der Waals surface area contributed by atoms with Gasteiger partial charge in [-0.05, 0) is 65.3 Å². The largest absolute Gasteiger partial charge is 0.307 e. The maximum absolute atomic E-state index is 5.46. The Morgan fingerprint density at radius 3 is 1.67 bits per heavy atom. The fraction of sp³-hybridized carbons (Fsp3) is 0.0833. The summed E-state index contributed by atoms with van der Waals surface area (Å²) >= 11 is 0. The van der Waals surface area contributed by atoms with Crippen LogP contribution < -0.4 is 0 Å². The standard InChI is InChI=1S/C48H32N4/c1-4-12-30(13-5-1)41-28-42(31-14-6-2-7-15-31)50-48(49-41)52-44-27-40-38(29-20-22-34-35(23-21-29)45(34)40)26-39(44)37-25-24-36-33-18-10-11-19-43(33)51(46(36)47(37)52)32-16-8-3-9-17-32/h1-29,34-35,45H/t29?,34-,35?,45?/m0/s1. The molecule has 244 valence electrons. The minimum absolute atomic E-state index is 0.291. The van der Waals surface area contributed by atoms with E-state index in [-0.39, 0.29) is 0 Å². The Labute approximate surface area is 300 Å². The number of aromatic nitrogens is 4. The summed E-state index contributed by atoms with van der Waals surface area (Å²) in [6.45, 7) is 0. The van der Waals surface area contributed by atoms with E-state index < -0.39 is 0 Å². The number of rotatable bonds is 4. The van der Waals surface area contributed by atoms with Crippen molar-refractivity contribution in [1.29, 1.82) is 0 Å². The molecule has 0 radical (unpaired) electrons. The molecular weight excluding hydrogens is 633 g/mol. The number of hydrogen-bond acceptors (Lipinski definition) is 2. The van der Waals surface area contributed by atoms with E-state index >= 15 is 0 Å². The molecule has 1 saturated carbocycles. The average molecular weight is 665 g/mol. The van der Waals surface area contributed by atoms with Crippen molar-refractivity contribution in [3.8, 4) is 34.2 Å². The highest BCUT2D eigenvalue weighted by Gasteiger charge is 2.51. The van der Waals surface area contributed by atoms with Gasteiger partial charge >= 0.3 is 0 Å². The molecule has 0 N–H and O–H groups in total. The van der Waals surface area contributed by atoms with Gasteiger partial charge in [-0.25, -0.2) is 9.97 Å². The lowest BCUT2D eigenvalue weighted by Gasteiger charge is -2.15. The average Bonchev–Trinajstić information content (AvgIpc) is 3.82. The molecule has 0 saturated heterocycles. The van der Waals surface area contributed by atoms with Crippen LogP contribution in [0.4, 0.5) is 0 Å². The Kier molecular flexibility index (Phi) is 5.70. The van der Waals surface area contributed by atoms with E-state index in [1.165, 1.54) is 38.2 Å². The molecule has 9 aromatic rings. The molecule has 1 fully saturated rings. The fourth-order valence-electron chi connectivity index (χ4n) is 9.34. The Bertz CT molecular complexity index is 2890. The minimum Gasteiger partial charge on any atom is -0.307 e. The van der Waals surface area contributed by atoms with Gasteiger partial charge in [-0.15, -0.1) is 0 Å². The quantitative estimate of drug-likeness (QED) is 0.176.